The van der Waals surface area contributed by atoms with Gasteiger partial charge in [0.2, 0.25) is 0 Å². The Kier molecular flexibility index (Phi) is 13.7. The zero-order chi connectivity index (χ0) is 43.4. The van der Waals surface area contributed by atoms with E-state index in [-0.39, 0.29) is 80.4 Å². The van der Waals surface area contributed by atoms with Crippen LogP contribution in [0.4, 0.5) is 5.69 Å². The van der Waals surface area contributed by atoms with Gasteiger partial charge in [0.05, 0.1) is 30.7 Å². The predicted molar refractivity (Wildman–Crippen MR) is 229 cm³/mol. The van der Waals surface area contributed by atoms with Crippen LogP contribution in [0.5, 0.6) is 11.5 Å². The summed E-state index contributed by atoms with van der Waals surface area (Å²) in [5, 5.41) is 63.9. The minimum Gasteiger partial charge on any atom is -0.508 e. The lowest BCUT2D eigenvalue weighted by molar-refractivity contribution is -0.176. The van der Waals surface area contributed by atoms with Gasteiger partial charge in [-0.3, -0.25) is 9.59 Å². The average Bonchev–Trinajstić information content (AvgIpc) is 3.22. The predicted octanol–water partition coefficient (Wildman–Crippen LogP) is 5.08. The normalized spacial score (nSPS) is 28.4. The van der Waals surface area contributed by atoms with Crippen molar-refractivity contribution in [1.82, 2.24) is 5.32 Å². The monoisotopic (exact) mass is 834 g/mol. The SMILES string of the molecule is CCC[C@]1(O)[C@@H]2CCC(=O)[C@H](Cc3cccc(c3)C[C@H](O)/C=C3/C[C@@H](c4cc(NC[C@H](C)O)cc([C@@H](O)CNC)c4)C#C[C@@H]4CC(=O)Oc5cc(O)c(cc54)C[C@H]1OC3=O)C2. The quantitative estimate of drug-likeness (QED) is 0.0861. The molecule has 12 nitrogen and oxygen atoms in total. The Morgan fingerprint density at radius 3 is 2.46 bits per heavy atom. The number of hydrogen-bond acceptors (Lipinski definition) is 12. The van der Waals surface area contributed by atoms with Crippen molar-refractivity contribution in [2.24, 2.45) is 11.8 Å². The summed E-state index contributed by atoms with van der Waals surface area (Å²) in [6.45, 7) is 4.06. The van der Waals surface area contributed by atoms with Gasteiger partial charge in [-0.05, 0) is 104 Å². The molecule has 0 unspecified atom stereocenters. The lowest BCUT2D eigenvalue weighted by atomic mass is 9.66. The van der Waals surface area contributed by atoms with E-state index in [1.54, 1.807) is 26.1 Å². The molecule has 324 valence electrons. The third kappa shape index (κ3) is 10.2. The number of benzene rings is 3. The van der Waals surface area contributed by atoms with E-state index < -0.39 is 59.7 Å². The standard InChI is InChI=1S/C49H58N2O10/c1-4-12-49(59)38-10-11-42(54)34(18-38)14-29-6-5-7-30(13-29)15-40(53)21-37-16-31(33-17-35(44(56)27-50-3)20-39(19-33)51-26-28(2)52)8-9-32-24-47(57)60-45-25-43(55)36(22-41(32)45)23-46(49)61-48(37)58/h5-7,13,17,19-22,25,28,31-32,34,38,40,44,46,50-53,55-56,59H,4,10-12,14-16,18,23-24,26-27H2,1-3H3/b37-21-/t28-,31-,32+,34+,38+,40-,44-,46+,49-/m0/s1. The number of phenolic OH excluding ortho intramolecular Hbond substituents is 1. The summed E-state index contributed by atoms with van der Waals surface area (Å²) in [6, 6.07) is 16.3. The number of carbonyl (C=O) groups excluding carboxylic acids is 3. The van der Waals surface area contributed by atoms with Crippen LogP contribution >= 0.6 is 0 Å². The Morgan fingerprint density at radius 1 is 0.934 bits per heavy atom. The highest BCUT2D eigenvalue weighted by Gasteiger charge is 2.49. The van der Waals surface area contributed by atoms with Crippen LogP contribution in [-0.2, 0) is 38.4 Å². The van der Waals surface area contributed by atoms with E-state index in [0.29, 0.717) is 53.6 Å². The molecular formula is C49H58N2O10. The van der Waals surface area contributed by atoms with E-state index in [1.165, 1.54) is 12.1 Å². The maximum atomic E-state index is 15.0. The number of aliphatic hydroxyl groups excluding tert-OH is 3. The smallest absolute Gasteiger partial charge is 0.334 e. The van der Waals surface area contributed by atoms with Gasteiger partial charge in [0.1, 0.15) is 29.0 Å². The first kappa shape index (κ1) is 44.0. The summed E-state index contributed by atoms with van der Waals surface area (Å²) in [4.78, 5) is 41.5. The molecule has 9 atom stereocenters. The van der Waals surface area contributed by atoms with Gasteiger partial charge in [-0.25, -0.2) is 4.79 Å². The molecule has 0 saturated heterocycles. The molecular weight excluding hydrogens is 777 g/mol. The number of ketones is 1. The van der Waals surface area contributed by atoms with Gasteiger partial charge in [0.25, 0.3) is 0 Å². The highest BCUT2D eigenvalue weighted by atomic mass is 16.6. The van der Waals surface area contributed by atoms with Gasteiger partial charge in [0.15, 0.2) is 0 Å². The van der Waals surface area contributed by atoms with Crippen LogP contribution in [0.3, 0.4) is 0 Å². The number of fused-ring (bicyclic) bond motifs is 8. The molecule has 1 saturated carbocycles. The van der Waals surface area contributed by atoms with Crippen LogP contribution in [0.15, 0.2) is 66.2 Å². The number of anilines is 1. The van der Waals surface area contributed by atoms with E-state index in [2.05, 4.69) is 22.5 Å². The molecule has 0 spiro atoms. The van der Waals surface area contributed by atoms with E-state index in [1.807, 2.05) is 43.3 Å². The first-order valence-electron chi connectivity index (χ1n) is 21.6. The van der Waals surface area contributed by atoms with Gasteiger partial charge >= 0.3 is 11.9 Å². The Morgan fingerprint density at radius 2 is 1.70 bits per heavy atom. The molecule has 8 bridgehead atoms. The van der Waals surface area contributed by atoms with Crippen LogP contribution in [0.25, 0.3) is 0 Å². The maximum absolute atomic E-state index is 15.0. The zero-order valence-corrected chi connectivity index (χ0v) is 35.2. The van der Waals surface area contributed by atoms with Crippen molar-refractivity contribution in [2.75, 3.05) is 25.5 Å². The molecule has 1 fully saturated rings. The topological polar surface area (TPSA) is 195 Å². The van der Waals surface area contributed by atoms with Crippen molar-refractivity contribution in [1.29, 1.82) is 0 Å². The molecule has 3 aliphatic heterocycles. The largest absolute Gasteiger partial charge is 0.508 e. The number of esters is 2. The first-order chi connectivity index (χ1) is 29.2. The van der Waals surface area contributed by atoms with Crippen molar-refractivity contribution in [3.05, 3.63) is 99.6 Å². The second-order valence-electron chi connectivity index (χ2n) is 17.4. The van der Waals surface area contributed by atoms with Crippen LogP contribution in [-0.4, -0.2) is 87.3 Å². The van der Waals surface area contributed by atoms with E-state index in [4.69, 9.17) is 9.47 Å². The average molecular weight is 835 g/mol. The minimum absolute atomic E-state index is 0.0594. The zero-order valence-electron chi connectivity index (χ0n) is 35.2. The molecule has 7 rings (SSSR count). The van der Waals surface area contributed by atoms with Crippen molar-refractivity contribution < 1.29 is 49.4 Å². The molecule has 61 heavy (non-hydrogen) atoms. The molecule has 3 aromatic rings. The lowest BCUT2D eigenvalue weighted by Gasteiger charge is -2.45. The maximum Gasteiger partial charge on any atom is 0.334 e. The van der Waals surface area contributed by atoms with Crippen molar-refractivity contribution in [2.45, 2.75) is 120 Å². The van der Waals surface area contributed by atoms with Crippen LogP contribution in [0.1, 0.15) is 110 Å². The van der Waals surface area contributed by atoms with E-state index in [0.717, 1.165) is 11.1 Å². The third-order valence-corrected chi connectivity index (χ3v) is 12.7. The Labute approximate surface area is 357 Å². The van der Waals surface area contributed by atoms with Crippen LogP contribution in [0.2, 0.25) is 0 Å². The van der Waals surface area contributed by atoms with Crippen LogP contribution in [0, 0.1) is 23.7 Å². The van der Waals surface area contributed by atoms with Gasteiger partial charge in [-0.2, -0.15) is 0 Å². The number of carbonyl (C=O) groups is 3. The molecule has 3 aromatic carbocycles. The molecule has 1 aliphatic carbocycles. The van der Waals surface area contributed by atoms with E-state index in [9.17, 15) is 39.9 Å². The molecule has 0 amide bonds. The Hall–Kier alpha value is -5.03. The second-order valence-corrected chi connectivity index (χ2v) is 17.4. The molecule has 12 heteroatoms. The molecule has 0 radical (unpaired) electrons. The summed E-state index contributed by atoms with van der Waals surface area (Å²) < 4.78 is 12.1. The summed E-state index contributed by atoms with van der Waals surface area (Å²) in [5.74, 6) is 3.24. The van der Waals surface area contributed by atoms with Gasteiger partial charge in [-0.1, -0.05) is 55.5 Å². The Bertz CT molecular complexity index is 2220. The number of Topliss-reactive ketones (excluding diaryl/α,β-unsaturated/α-hetero) is 1. The number of aromatic hydroxyl groups is 1. The third-order valence-electron chi connectivity index (χ3n) is 12.7. The second kappa shape index (κ2) is 18.9. The summed E-state index contributed by atoms with van der Waals surface area (Å²) in [7, 11) is 1.73. The fraction of sp³-hybridized carbons (Fsp3) is 0.490. The Balaban J connectivity index is 1.44. The first-order valence-corrected chi connectivity index (χ1v) is 21.6. The number of likely N-dealkylation sites (N-methyl/N-ethyl adjacent to an activating group) is 1. The van der Waals surface area contributed by atoms with Gasteiger partial charge in [-0.15, -0.1) is 0 Å². The number of aliphatic hydroxyl groups is 4. The van der Waals surface area contributed by atoms with E-state index >= 15 is 0 Å². The van der Waals surface area contributed by atoms with Gasteiger partial charge < -0.3 is 45.6 Å². The number of ether oxygens (including phenoxy) is 2. The summed E-state index contributed by atoms with van der Waals surface area (Å²) in [6.07, 6.45) is -0.229. The lowest BCUT2D eigenvalue weighted by Crippen LogP contribution is -2.54. The molecule has 4 aliphatic rings. The highest BCUT2D eigenvalue weighted by molar-refractivity contribution is 5.89. The van der Waals surface area contributed by atoms with Gasteiger partial charge in [0, 0.05) is 67.1 Å². The highest BCUT2D eigenvalue weighted by Crippen LogP contribution is 2.45. The fourth-order valence-electron chi connectivity index (χ4n) is 9.59. The minimum atomic E-state index is -1.62. The summed E-state index contributed by atoms with van der Waals surface area (Å²) >= 11 is 0. The molecule has 7 N–H and O–H groups in total. The summed E-state index contributed by atoms with van der Waals surface area (Å²) in [5.41, 5.74) is 2.97. The number of hydrogen-bond donors (Lipinski definition) is 7. The number of nitrogens with one attached hydrogen (secondary N) is 2. The molecule has 0 aromatic heterocycles. The van der Waals surface area contributed by atoms with Crippen molar-refractivity contribution >= 4 is 23.4 Å². The van der Waals surface area contributed by atoms with Crippen molar-refractivity contribution in [3.8, 4) is 23.3 Å². The number of phenols is 1. The number of rotatable bonds is 9. The molecule has 3 heterocycles. The fourth-order valence-corrected chi connectivity index (χ4v) is 9.59. The van der Waals surface area contributed by atoms with Crippen LogP contribution < -0.4 is 15.4 Å². The van der Waals surface area contributed by atoms with Crippen molar-refractivity contribution in [3.63, 3.8) is 0 Å².